The van der Waals surface area contributed by atoms with E-state index in [1.165, 1.54) is 0 Å². The smallest absolute Gasteiger partial charge is 0.291 e. The number of furan rings is 1. The van der Waals surface area contributed by atoms with Gasteiger partial charge in [0.05, 0.1) is 6.10 Å². The Morgan fingerprint density at radius 2 is 2.00 bits per heavy atom. The van der Waals surface area contributed by atoms with Gasteiger partial charge in [-0.2, -0.15) is 0 Å². The number of halogens is 1. The summed E-state index contributed by atoms with van der Waals surface area (Å²) in [4.78, 5) is 12.5. The van der Waals surface area contributed by atoms with Gasteiger partial charge < -0.3 is 14.8 Å². The number of nitrogens with one attached hydrogen (secondary N) is 1. The molecule has 4 nitrogen and oxygen atoms in total. The number of hydrogen-bond donors (Lipinski definition) is 2. The summed E-state index contributed by atoms with van der Waals surface area (Å²) in [5.41, 5.74) is 2.09. The maximum atomic E-state index is 12.5. The number of benzene rings is 1. The van der Waals surface area contributed by atoms with Crippen LogP contribution in [0.2, 0.25) is 5.02 Å². The molecule has 0 aliphatic heterocycles. The summed E-state index contributed by atoms with van der Waals surface area (Å²) in [6, 6.07) is 6.89. The van der Waals surface area contributed by atoms with E-state index in [1.807, 2.05) is 6.92 Å². The van der Waals surface area contributed by atoms with E-state index < -0.39 is 6.10 Å². The highest BCUT2D eigenvalue weighted by Crippen LogP contribution is 2.44. The minimum absolute atomic E-state index is 0.0410. The molecule has 1 heterocycles. The summed E-state index contributed by atoms with van der Waals surface area (Å²) >= 11 is 5.84. The second kappa shape index (κ2) is 5.69. The van der Waals surface area contributed by atoms with Crippen LogP contribution in [0.5, 0.6) is 0 Å². The topological polar surface area (TPSA) is 62.5 Å². The van der Waals surface area contributed by atoms with Gasteiger partial charge in [0.15, 0.2) is 5.76 Å². The van der Waals surface area contributed by atoms with Gasteiger partial charge in [-0.05, 0) is 43.0 Å². The summed E-state index contributed by atoms with van der Waals surface area (Å²) in [6.45, 7) is 6.00. The van der Waals surface area contributed by atoms with Crippen LogP contribution in [0, 0.1) is 12.3 Å². The zero-order valence-corrected chi connectivity index (χ0v) is 14.2. The zero-order chi connectivity index (χ0) is 16.8. The number of rotatable bonds is 2. The van der Waals surface area contributed by atoms with Crippen molar-refractivity contribution in [3.8, 4) is 0 Å². The lowest BCUT2D eigenvalue weighted by atomic mass is 9.75. The number of anilines is 1. The standard InChI is InChI=1S/C18H20ClNO3/c1-10-15-13(21)8-18(2,3)9-14(15)23-16(10)17(22)20-12-6-4-11(19)5-7-12/h4-7,13,21H,8-9H2,1-3H3,(H,20,22). The summed E-state index contributed by atoms with van der Waals surface area (Å²) in [5.74, 6) is 0.665. The predicted octanol–water partition coefficient (Wildman–Crippen LogP) is 4.50. The fourth-order valence-corrected chi connectivity index (χ4v) is 3.35. The van der Waals surface area contributed by atoms with Gasteiger partial charge in [-0.3, -0.25) is 4.79 Å². The summed E-state index contributed by atoms with van der Waals surface area (Å²) in [7, 11) is 0. The fraction of sp³-hybridized carbons (Fsp3) is 0.389. The third kappa shape index (κ3) is 3.14. The van der Waals surface area contributed by atoms with Gasteiger partial charge in [0.2, 0.25) is 0 Å². The molecule has 1 aliphatic rings. The molecule has 0 bridgehead atoms. The van der Waals surface area contributed by atoms with Crippen molar-refractivity contribution in [3.63, 3.8) is 0 Å². The largest absolute Gasteiger partial charge is 0.455 e. The van der Waals surface area contributed by atoms with Crippen LogP contribution in [-0.4, -0.2) is 11.0 Å². The van der Waals surface area contributed by atoms with Gasteiger partial charge in [0.1, 0.15) is 5.76 Å². The van der Waals surface area contributed by atoms with E-state index in [9.17, 15) is 9.90 Å². The highest BCUT2D eigenvalue weighted by Gasteiger charge is 2.37. The summed E-state index contributed by atoms with van der Waals surface area (Å²) in [6.07, 6.45) is 0.794. The molecule has 0 spiro atoms. The van der Waals surface area contributed by atoms with Crippen LogP contribution in [0.1, 0.15) is 53.8 Å². The number of carbonyl (C=O) groups excluding carboxylic acids is 1. The monoisotopic (exact) mass is 333 g/mol. The summed E-state index contributed by atoms with van der Waals surface area (Å²) in [5, 5.41) is 13.8. The second-order valence-electron chi connectivity index (χ2n) is 6.91. The SMILES string of the molecule is Cc1c(C(=O)Nc2ccc(Cl)cc2)oc2c1C(O)CC(C)(C)C2. The first-order valence-corrected chi connectivity index (χ1v) is 8.02. The van der Waals surface area contributed by atoms with E-state index in [2.05, 4.69) is 19.2 Å². The number of hydrogen-bond acceptors (Lipinski definition) is 3. The average molecular weight is 334 g/mol. The molecule has 2 N–H and O–H groups in total. The Labute approximate surface area is 140 Å². The minimum Gasteiger partial charge on any atom is -0.455 e. The average Bonchev–Trinajstić information content (AvgIpc) is 2.77. The first-order chi connectivity index (χ1) is 10.8. The third-order valence-electron chi connectivity index (χ3n) is 4.30. The summed E-state index contributed by atoms with van der Waals surface area (Å²) < 4.78 is 5.80. The molecule has 0 saturated heterocycles. The number of fused-ring (bicyclic) bond motifs is 1. The maximum absolute atomic E-state index is 12.5. The molecule has 0 radical (unpaired) electrons. The first-order valence-electron chi connectivity index (χ1n) is 7.64. The van der Waals surface area contributed by atoms with Gasteiger partial charge >= 0.3 is 0 Å². The van der Waals surface area contributed by atoms with Crippen molar-refractivity contribution in [2.45, 2.75) is 39.7 Å². The molecule has 1 aromatic heterocycles. The van der Waals surface area contributed by atoms with E-state index in [0.29, 0.717) is 29.3 Å². The van der Waals surface area contributed by atoms with Crippen LogP contribution in [0.15, 0.2) is 28.7 Å². The lowest BCUT2D eigenvalue weighted by molar-refractivity contribution is 0.0910. The number of amides is 1. The second-order valence-corrected chi connectivity index (χ2v) is 7.35. The normalized spacial score (nSPS) is 19.3. The fourth-order valence-electron chi connectivity index (χ4n) is 3.22. The predicted molar refractivity (Wildman–Crippen MR) is 89.9 cm³/mol. The number of aliphatic hydroxyl groups is 1. The van der Waals surface area contributed by atoms with Crippen LogP contribution in [-0.2, 0) is 6.42 Å². The first kappa shape index (κ1) is 16.1. The van der Waals surface area contributed by atoms with E-state index in [0.717, 1.165) is 11.1 Å². The van der Waals surface area contributed by atoms with Crippen LogP contribution >= 0.6 is 11.6 Å². The highest BCUT2D eigenvalue weighted by molar-refractivity contribution is 6.30. The molecule has 1 amide bonds. The van der Waals surface area contributed by atoms with E-state index in [-0.39, 0.29) is 17.1 Å². The van der Waals surface area contributed by atoms with E-state index in [4.69, 9.17) is 16.0 Å². The van der Waals surface area contributed by atoms with Crippen LogP contribution < -0.4 is 5.32 Å². The van der Waals surface area contributed by atoms with Gasteiger partial charge in [-0.1, -0.05) is 25.4 Å². The van der Waals surface area contributed by atoms with Gasteiger partial charge in [-0.15, -0.1) is 0 Å². The van der Waals surface area contributed by atoms with Crippen molar-refractivity contribution >= 4 is 23.2 Å². The number of carbonyl (C=O) groups is 1. The molecule has 1 aliphatic carbocycles. The zero-order valence-electron chi connectivity index (χ0n) is 13.4. The van der Waals surface area contributed by atoms with Crippen molar-refractivity contribution in [1.29, 1.82) is 0 Å². The molecule has 5 heteroatoms. The molecule has 2 aromatic rings. The Balaban J connectivity index is 1.89. The molecular weight excluding hydrogens is 314 g/mol. The van der Waals surface area contributed by atoms with Crippen LogP contribution in [0.25, 0.3) is 0 Å². The van der Waals surface area contributed by atoms with Crippen molar-refractivity contribution in [3.05, 3.63) is 51.9 Å². The van der Waals surface area contributed by atoms with Crippen LogP contribution in [0.3, 0.4) is 0 Å². The maximum Gasteiger partial charge on any atom is 0.291 e. The van der Waals surface area contributed by atoms with Crippen molar-refractivity contribution in [1.82, 2.24) is 0 Å². The lowest BCUT2D eigenvalue weighted by Crippen LogP contribution is -2.24. The third-order valence-corrected chi connectivity index (χ3v) is 4.55. The van der Waals surface area contributed by atoms with Gasteiger partial charge in [-0.25, -0.2) is 0 Å². The molecule has 0 fully saturated rings. The Hall–Kier alpha value is -1.78. The van der Waals surface area contributed by atoms with Gasteiger partial charge in [0.25, 0.3) is 5.91 Å². The van der Waals surface area contributed by atoms with E-state index in [1.54, 1.807) is 24.3 Å². The van der Waals surface area contributed by atoms with E-state index >= 15 is 0 Å². The molecular formula is C18H20ClNO3. The highest BCUT2D eigenvalue weighted by atomic mass is 35.5. The molecule has 0 saturated carbocycles. The molecule has 1 unspecified atom stereocenters. The number of aliphatic hydroxyl groups excluding tert-OH is 1. The van der Waals surface area contributed by atoms with Crippen molar-refractivity contribution < 1.29 is 14.3 Å². The quantitative estimate of drug-likeness (QED) is 0.850. The molecule has 23 heavy (non-hydrogen) atoms. The Bertz CT molecular complexity index is 746. The minimum atomic E-state index is -0.588. The van der Waals surface area contributed by atoms with Crippen LogP contribution in [0.4, 0.5) is 5.69 Å². The van der Waals surface area contributed by atoms with Gasteiger partial charge in [0, 0.05) is 28.3 Å². The Kier molecular flexibility index (Phi) is 3.98. The van der Waals surface area contributed by atoms with Crippen molar-refractivity contribution in [2.75, 3.05) is 5.32 Å². The van der Waals surface area contributed by atoms with Crippen molar-refractivity contribution in [2.24, 2.45) is 5.41 Å². The molecule has 122 valence electrons. The Morgan fingerprint density at radius 3 is 2.65 bits per heavy atom. The molecule has 3 rings (SSSR count). The molecule has 1 aromatic carbocycles. The molecule has 1 atom stereocenters. The Morgan fingerprint density at radius 1 is 1.35 bits per heavy atom. The lowest BCUT2D eigenvalue weighted by Gasteiger charge is -2.31.